The van der Waals surface area contributed by atoms with Crippen LogP contribution in [0.3, 0.4) is 0 Å². The van der Waals surface area contributed by atoms with Gasteiger partial charge in [-0.25, -0.2) is 9.78 Å². The highest BCUT2D eigenvalue weighted by Gasteiger charge is 2.59. The molecule has 3 heterocycles. The van der Waals surface area contributed by atoms with Gasteiger partial charge in [0, 0.05) is 42.4 Å². The quantitative estimate of drug-likeness (QED) is 0.405. The lowest BCUT2D eigenvalue weighted by molar-refractivity contribution is -0.159. The number of carboxylic acid groups (broad SMARTS) is 1. The van der Waals surface area contributed by atoms with E-state index in [-0.39, 0.29) is 11.3 Å². The molecule has 0 bridgehead atoms. The van der Waals surface area contributed by atoms with Gasteiger partial charge < -0.3 is 29.5 Å². The Bertz CT molecular complexity index is 1310. The summed E-state index contributed by atoms with van der Waals surface area (Å²) >= 11 is 0. The Morgan fingerprint density at radius 2 is 1.91 bits per heavy atom. The SMILES string of the molecule is COc1ccc(C2(C)CCC2)cc1CN[C@H]1[C@H](C(C)(C)C)[C@@H](C(=O)O)N(C(=O)[C@@H]2CCCCO2)[C@H]1c1cccnc1OC. The zero-order valence-corrected chi connectivity index (χ0v) is 26.4. The molecule has 2 aliphatic heterocycles. The smallest absolute Gasteiger partial charge is 0.326 e. The van der Waals surface area contributed by atoms with E-state index < -0.39 is 41.5 Å². The standard InChI is InChI=1S/C34H47N3O6/c1-33(2,3)26-27(36-20-21-19-22(13-14-24(21)41-5)34(4)15-10-16-34)28(23-11-9-17-35-30(23)42-6)37(29(26)32(39)40)31(38)25-12-7-8-18-43-25/h9,11,13-14,17,19,25-29,36H,7-8,10,12,15-16,18,20H2,1-6H3,(H,39,40)/t25-,26-,27-,28-,29-/m0/s1. The summed E-state index contributed by atoms with van der Waals surface area (Å²) in [6.45, 7) is 9.37. The van der Waals surface area contributed by atoms with Crippen molar-refractivity contribution in [1.29, 1.82) is 0 Å². The number of methoxy groups -OCH3 is 2. The molecule has 1 aliphatic carbocycles. The summed E-state index contributed by atoms with van der Waals surface area (Å²) in [6.07, 6.45) is 6.83. The van der Waals surface area contributed by atoms with Gasteiger partial charge in [-0.05, 0) is 66.7 Å². The molecule has 3 aliphatic rings. The number of ether oxygens (including phenoxy) is 3. The molecule has 3 fully saturated rings. The van der Waals surface area contributed by atoms with Crippen LogP contribution >= 0.6 is 0 Å². The van der Waals surface area contributed by atoms with Crippen LogP contribution in [0, 0.1) is 11.3 Å². The highest BCUT2D eigenvalue weighted by molar-refractivity contribution is 5.88. The predicted octanol–water partition coefficient (Wildman–Crippen LogP) is 5.27. The number of pyridine rings is 1. The molecule has 1 aromatic carbocycles. The fourth-order valence-electron chi connectivity index (χ4n) is 7.47. The Morgan fingerprint density at radius 3 is 2.49 bits per heavy atom. The van der Waals surface area contributed by atoms with E-state index in [4.69, 9.17) is 14.2 Å². The molecule has 5 rings (SSSR count). The third kappa shape index (κ3) is 5.98. The van der Waals surface area contributed by atoms with Crippen LogP contribution in [0.5, 0.6) is 11.6 Å². The van der Waals surface area contributed by atoms with Crippen molar-refractivity contribution in [2.75, 3.05) is 20.8 Å². The molecule has 9 nitrogen and oxygen atoms in total. The molecule has 0 unspecified atom stereocenters. The van der Waals surface area contributed by atoms with Crippen molar-refractivity contribution in [1.82, 2.24) is 15.2 Å². The van der Waals surface area contributed by atoms with E-state index >= 15 is 0 Å². The van der Waals surface area contributed by atoms with Crippen molar-refractivity contribution in [3.63, 3.8) is 0 Å². The highest BCUT2D eigenvalue weighted by atomic mass is 16.5. The third-order valence-corrected chi connectivity index (χ3v) is 9.90. The van der Waals surface area contributed by atoms with Gasteiger partial charge in [-0.2, -0.15) is 0 Å². The number of aromatic nitrogens is 1. The Hall–Kier alpha value is -3.17. The van der Waals surface area contributed by atoms with Gasteiger partial charge in [0.25, 0.3) is 5.91 Å². The fraction of sp³-hybridized carbons (Fsp3) is 0.618. The number of carbonyl (C=O) groups excluding carboxylic acids is 1. The number of amides is 1. The van der Waals surface area contributed by atoms with E-state index in [0.717, 1.165) is 37.0 Å². The van der Waals surface area contributed by atoms with Gasteiger partial charge >= 0.3 is 5.97 Å². The predicted molar refractivity (Wildman–Crippen MR) is 163 cm³/mol. The first kappa shape index (κ1) is 31.3. The number of likely N-dealkylation sites (tertiary alicyclic amines) is 1. The zero-order chi connectivity index (χ0) is 30.9. The Balaban J connectivity index is 1.61. The van der Waals surface area contributed by atoms with E-state index in [0.29, 0.717) is 31.0 Å². The van der Waals surface area contributed by atoms with Crippen LogP contribution in [0.4, 0.5) is 0 Å². The van der Waals surface area contributed by atoms with Crippen molar-refractivity contribution >= 4 is 11.9 Å². The first-order valence-corrected chi connectivity index (χ1v) is 15.6. The molecular weight excluding hydrogens is 546 g/mol. The van der Waals surface area contributed by atoms with Gasteiger partial charge in [0.15, 0.2) is 0 Å². The molecule has 1 aromatic heterocycles. The number of rotatable bonds is 9. The number of carboxylic acids is 1. The third-order valence-electron chi connectivity index (χ3n) is 9.90. The molecule has 0 spiro atoms. The van der Waals surface area contributed by atoms with Crippen LogP contribution in [-0.4, -0.2) is 65.9 Å². The summed E-state index contributed by atoms with van der Waals surface area (Å²) < 4.78 is 17.4. The summed E-state index contributed by atoms with van der Waals surface area (Å²) in [5.74, 6) is -0.611. The van der Waals surface area contributed by atoms with E-state index in [1.165, 1.54) is 12.0 Å². The minimum absolute atomic E-state index is 0.158. The number of hydrogen-bond acceptors (Lipinski definition) is 7. The largest absolute Gasteiger partial charge is 0.496 e. The van der Waals surface area contributed by atoms with Crippen LogP contribution in [0.25, 0.3) is 0 Å². The van der Waals surface area contributed by atoms with Crippen LogP contribution in [0.1, 0.15) is 89.0 Å². The van der Waals surface area contributed by atoms with Crippen molar-refractivity contribution in [2.45, 2.75) is 102 Å². The van der Waals surface area contributed by atoms with E-state index in [9.17, 15) is 14.7 Å². The lowest BCUT2D eigenvalue weighted by Gasteiger charge is -2.39. The van der Waals surface area contributed by atoms with E-state index in [2.05, 4.69) is 29.4 Å². The summed E-state index contributed by atoms with van der Waals surface area (Å²) in [4.78, 5) is 33.5. The lowest BCUT2D eigenvalue weighted by Crippen LogP contribution is -2.51. The molecule has 234 valence electrons. The van der Waals surface area contributed by atoms with Crippen LogP contribution in [0.15, 0.2) is 36.5 Å². The Labute approximate surface area is 255 Å². The number of nitrogens with zero attached hydrogens (tertiary/aromatic N) is 2. The minimum Gasteiger partial charge on any atom is -0.496 e. The van der Waals surface area contributed by atoms with Crippen molar-refractivity contribution in [3.8, 4) is 11.6 Å². The average molecular weight is 594 g/mol. The molecule has 5 atom stereocenters. The van der Waals surface area contributed by atoms with Crippen LogP contribution < -0.4 is 14.8 Å². The summed E-state index contributed by atoms with van der Waals surface area (Å²) in [6, 6.07) is 7.94. The molecule has 1 saturated carbocycles. The van der Waals surface area contributed by atoms with Gasteiger partial charge in [-0.3, -0.25) is 4.79 Å². The minimum atomic E-state index is -1.08. The molecule has 43 heavy (non-hydrogen) atoms. The van der Waals surface area contributed by atoms with Gasteiger partial charge in [-0.1, -0.05) is 46.2 Å². The van der Waals surface area contributed by atoms with Crippen LogP contribution in [0.2, 0.25) is 0 Å². The first-order chi connectivity index (χ1) is 20.5. The first-order valence-electron chi connectivity index (χ1n) is 15.6. The van der Waals surface area contributed by atoms with E-state index in [1.54, 1.807) is 31.4 Å². The van der Waals surface area contributed by atoms with Gasteiger partial charge in [-0.15, -0.1) is 0 Å². The second-order valence-corrected chi connectivity index (χ2v) is 13.7. The van der Waals surface area contributed by atoms with Gasteiger partial charge in [0.05, 0.1) is 20.3 Å². The molecule has 9 heteroatoms. The molecular formula is C34H47N3O6. The average Bonchev–Trinajstić information content (AvgIpc) is 3.34. The molecule has 2 saturated heterocycles. The number of benzene rings is 1. The normalized spacial score (nSPS) is 26.9. The molecule has 0 radical (unpaired) electrons. The molecule has 1 amide bonds. The topological polar surface area (TPSA) is 110 Å². The fourth-order valence-corrected chi connectivity index (χ4v) is 7.47. The van der Waals surface area contributed by atoms with Crippen molar-refractivity contribution in [2.24, 2.45) is 11.3 Å². The zero-order valence-electron chi connectivity index (χ0n) is 26.4. The summed E-state index contributed by atoms with van der Waals surface area (Å²) in [5, 5.41) is 14.5. The second-order valence-electron chi connectivity index (χ2n) is 13.7. The van der Waals surface area contributed by atoms with Gasteiger partial charge in [0.1, 0.15) is 17.9 Å². The van der Waals surface area contributed by atoms with Crippen molar-refractivity contribution < 1.29 is 28.9 Å². The van der Waals surface area contributed by atoms with Gasteiger partial charge in [0.2, 0.25) is 5.88 Å². The number of hydrogen-bond donors (Lipinski definition) is 2. The monoisotopic (exact) mass is 593 g/mol. The summed E-state index contributed by atoms with van der Waals surface area (Å²) in [5.41, 5.74) is 2.65. The summed E-state index contributed by atoms with van der Waals surface area (Å²) in [7, 11) is 3.22. The maximum atomic E-state index is 14.3. The van der Waals surface area contributed by atoms with Crippen molar-refractivity contribution in [3.05, 3.63) is 53.2 Å². The number of aliphatic carboxylic acids is 1. The second kappa shape index (κ2) is 12.4. The maximum absolute atomic E-state index is 14.3. The van der Waals surface area contributed by atoms with E-state index in [1.807, 2.05) is 32.9 Å². The molecule has 2 aromatic rings. The highest BCUT2D eigenvalue weighted by Crippen LogP contribution is 2.50. The van der Waals surface area contributed by atoms with Crippen LogP contribution in [-0.2, 0) is 26.3 Å². The number of carbonyl (C=O) groups is 2. The maximum Gasteiger partial charge on any atom is 0.326 e. The Kier molecular flexibility index (Phi) is 9.05. The lowest BCUT2D eigenvalue weighted by atomic mass is 9.66. The number of nitrogens with one attached hydrogen (secondary N) is 1. The molecule has 2 N–H and O–H groups in total. The Morgan fingerprint density at radius 1 is 1.14 bits per heavy atom.